The Hall–Kier alpha value is -1.81. The first-order valence-electron chi connectivity index (χ1n) is 10.1. The lowest BCUT2D eigenvalue weighted by Gasteiger charge is -2.24. The molecule has 9 nitrogen and oxygen atoms in total. The molecule has 2 saturated heterocycles. The third-order valence-corrected chi connectivity index (χ3v) is 5.88. The van der Waals surface area contributed by atoms with Crippen LogP contribution < -0.4 is 5.32 Å². The Balaban J connectivity index is 1.46. The third kappa shape index (κ3) is 3.06. The van der Waals surface area contributed by atoms with Gasteiger partial charge in [-0.2, -0.15) is 0 Å². The largest absolute Gasteiger partial charge is 0.394 e. The number of fused-ring (bicyclic) bond motifs is 2. The second kappa shape index (κ2) is 6.91. The summed E-state index contributed by atoms with van der Waals surface area (Å²) in [6.07, 6.45) is 7.78. The highest BCUT2D eigenvalue weighted by molar-refractivity contribution is 5.82. The van der Waals surface area contributed by atoms with Crippen LogP contribution in [0.4, 0.5) is 5.82 Å². The van der Waals surface area contributed by atoms with Gasteiger partial charge in [0, 0.05) is 6.04 Å². The molecule has 2 aliphatic heterocycles. The van der Waals surface area contributed by atoms with Crippen LogP contribution in [0.15, 0.2) is 12.7 Å². The van der Waals surface area contributed by atoms with Gasteiger partial charge in [0.1, 0.15) is 24.6 Å². The molecule has 3 fully saturated rings. The summed E-state index contributed by atoms with van der Waals surface area (Å²) in [5.41, 5.74) is 1.41. The maximum atomic E-state index is 9.72. The summed E-state index contributed by atoms with van der Waals surface area (Å²) in [6, 6.07) is 0.426. The molecule has 4 atom stereocenters. The van der Waals surface area contributed by atoms with Gasteiger partial charge in [-0.3, -0.25) is 4.57 Å². The Morgan fingerprint density at radius 3 is 2.71 bits per heavy atom. The number of hydrogen-bond donors (Lipinski definition) is 2. The fraction of sp³-hybridized carbons (Fsp3) is 0.737. The molecule has 152 valence electrons. The van der Waals surface area contributed by atoms with Crippen molar-refractivity contribution in [3.63, 3.8) is 0 Å². The van der Waals surface area contributed by atoms with Crippen molar-refractivity contribution in [2.45, 2.75) is 82.3 Å². The third-order valence-electron chi connectivity index (χ3n) is 5.88. The Labute approximate surface area is 163 Å². The average Bonchev–Trinajstić information content (AvgIpc) is 3.33. The Kier molecular flexibility index (Phi) is 4.50. The second-order valence-corrected chi connectivity index (χ2v) is 8.34. The number of anilines is 1. The highest BCUT2D eigenvalue weighted by Crippen LogP contribution is 2.43. The smallest absolute Gasteiger partial charge is 0.167 e. The predicted octanol–water partition coefficient (Wildman–Crippen LogP) is 1.98. The molecule has 4 heterocycles. The van der Waals surface area contributed by atoms with Crippen LogP contribution in [0.3, 0.4) is 0 Å². The van der Waals surface area contributed by atoms with E-state index in [0.717, 1.165) is 24.2 Å². The fourth-order valence-corrected chi connectivity index (χ4v) is 4.61. The van der Waals surface area contributed by atoms with Crippen LogP contribution in [0, 0.1) is 0 Å². The van der Waals surface area contributed by atoms with Crippen LogP contribution in [-0.4, -0.2) is 61.4 Å². The molecule has 0 radical (unpaired) electrons. The van der Waals surface area contributed by atoms with Gasteiger partial charge in [0.2, 0.25) is 0 Å². The molecule has 9 heteroatoms. The van der Waals surface area contributed by atoms with Gasteiger partial charge in [0.05, 0.1) is 12.9 Å². The van der Waals surface area contributed by atoms with Crippen molar-refractivity contribution in [1.82, 2.24) is 19.5 Å². The summed E-state index contributed by atoms with van der Waals surface area (Å²) in [4.78, 5) is 13.4. The lowest BCUT2D eigenvalue weighted by molar-refractivity contribution is -0.199. The van der Waals surface area contributed by atoms with Crippen LogP contribution in [0.25, 0.3) is 11.2 Å². The number of nitrogens with zero attached hydrogens (tertiary/aromatic N) is 4. The molecular weight excluding hydrogens is 362 g/mol. The number of aliphatic hydroxyl groups excluding tert-OH is 1. The van der Waals surface area contributed by atoms with Gasteiger partial charge in [0.15, 0.2) is 29.0 Å². The van der Waals surface area contributed by atoms with Crippen LogP contribution in [0.2, 0.25) is 0 Å². The molecule has 2 aromatic heterocycles. The van der Waals surface area contributed by atoms with E-state index < -0.39 is 18.1 Å². The maximum Gasteiger partial charge on any atom is 0.167 e. The molecule has 28 heavy (non-hydrogen) atoms. The van der Waals surface area contributed by atoms with Crippen LogP contribution in [0.1, 0.15) is 52.2 Å². The van der Waals surface area contributed by atoms with Crippen molar-refractivity contribution >= 4 is 17.0 Å². The Morgan fingerprint density at radius 2 is 1.93 bits per heavy atom. The van der Waals surface area contributed by atoms with Gasteiger partial charge in [-0.1, -0.05) is 19.3 Å². The summed E-state index contributed by atoms with van der Waals surface area (Å²) in [5.74, 6) is 0.0388. The molecule has 0 spiro atoms. The number of hydrogen-bond acceptors (Lipinski definition) is 8. The minimum absolute atomic E-state index is 0.132. The lowest BCUT2D eigenvalue weighted by atomic mass is 9.95. The topological polar surface area (TPSA) is 104 Å². The summed E-state index contributed by atoms with van der Waals surface area (Å²) in [7, 11) is 0. The van der Waals surface area contributed by atoms with Gasteiger partial charge in [0.25, 0.3) is 0 Å². The molecular formula is C19H27N5O4. The van der Waals surface area contributed by atoms with Crippen molar-refractivity contribution in [2.24, 2.45) is 0 Å². The van der Waals surface area contributed by atoms with Crippen LogP contribution in [-0.2, 0) is 14.2 Å². The fourth-order valence-electron chi connectivity index (χ4n) is 4.61. The van der Waals surface area contributed by atoms with Crippen molar-refractivity contribution < 1.29 is 19.3 Å². The van der Waals surface area contributed by atoms with Crippen molar-refractivity contribution in [3.05, 3.63) is 12.7 Å². The van der Waals surface area contributed by atoms with E-state index in [4.69, 9.17) is 14.2 Å². The zero-order valence-electron chi connectivity index (χ0n) is 16.2. The second-order valence-electron chi connectivity index (χ2n) is 8.34. The molecule has 0 amide bonds. The number of aromatic nitrogens is 4. The van der Waals surface area contributed by atoms with Gasteiger partial charge in [-0.15, -0.1) is 0 Å². The SMILES string of the molecule is CC1(C)O[C@@H]2[C@H](O1)[C@@H](CO)O[C@H]2n1cnc2c(NC3CCCCC3)ncnc21. The van der Waals surface area contributed by atoms with Gasteiger partial charge in [-0.05, 0) is 26.7 Å². The molecule has 0 bridgehead atoms. The van der Waals surface area contributed by atoms with E-state index >= 15 is 0 Å². The zero-order chi connectivity index (χ0) is 19.3. The minimum atomic E-state index is -0.718. The number of imidazole rings is 1. The molecule has 0 unspecified atom stereocenters. The molecule has 1 aliphatic carbocycles. The zero-order valence-corrected chi connectivity index (χ0v) is 16.2. The van der Waals surface area contributed by atoms with E-state index in [9.17, 15) is 5.11 Å². The first-order valence-corrected chi connectivity index (χ1v) is 10.1. The Morgan fingerprint density at radius 1 is 1.14 bits per heavy atom. The highest BCUT2D eigenvalue weighted by atomic mass is 16.8. The molecule has 1 saturated carbocycles. The quantitative estimate of drug-likeness (QED) is 0.818. The van der Waals surface area contributed by atoms with Crippen molar-refractivity contribution in [2.75, 3.05) is 11.9 Å². The first kappa shape index (κ1) is 18.2. The lowest BCUT2D eigenvalue weighted by Crippen LogP contribution is -2.31. The summed E-state index contributed by atoms with van der Waals surface area (Å²) >= 11 is 0. The minimum Gasteiger partial charge on any atom is -0.394 e. The van der Waals surface area contributed by atoms with E-state index in [1.54, 1.807) is 12.7 Å². The number of aliphatic hydroxyl groups is 1. The predicted molar refractivity (Wildman–Crippen MR) is 101 cm³/mol. The molecule has 3 aliphatic rings. The summed E-state index contributed by atoms with van der Waals surface area (Å²) in [6.45, 7) is 3.61. The molecule has 2 N–H and O–H groups in total. The van der Waals surface area contributed by atoms with Gasteiger partial charge in [-0.25, -0.2) is 15.0 Å². The number of ether oxygens (including phenoxy) is 3. The summed E-state index contributed by atoms with van der Waals surface area (Å²) in [5, 5.41) is 13.3. The average molecular weight is 389 g/mol. The van der Waals surface area contributed by atoms with Crippen molar-refractivity contribution in [3.8, 4) is 0 Å². The monoisotopic (exact) mass is 389 g/mol. The highest BCUT2D eigenvalue weighted by Gasteiger charge is 2.56. The van der Waals surface area contributed by atoms with E-state index in [2.05, 4.69) is 20.3 Å². The van der Waals surface area contributed by atoms with Crippen LogP contribution in [0.5, 0.6) is 0 Å². The van der Waals surface area contributed by atoms with Crippen LogP contribution >= 0.6 is 0 Å². The Bertz CT molecular complexity index is 850. The van der Waals surface area contributed by atoms with E-state index in [1.165, 1.54) is 19.3 Å². The maximum absolute atomic E-state index is 9.72. The standard InChI is InChI=1S/C19H27N5O4/c1-19(2)27-14-12(8-25)26-18(15(14)28-19)24-10-22-13-16(20-9-21-17(13)24)23-11-6-4-3-5-7-11/h9-12,14-15,18,25H,3-8H2,1-2H3,(H,20,21,23)/t12-,14-,15-,18-/m1/s1. The van der Waals surface area contributed by atoms with Gasteiger partial charge >= 0.3 is 0 Å². The molecule has 0 aromatic carbocycles. The summed E-state index contributed by atoms with van der Waals surface area (Å²) < 4.78 is 19.9. The first-order chi connectivity index (χ1) is 13.6. The number of rotatable bonds is 4. The van der Waals surface area contributed by atoms with E-state index in [0.29, 0.717) is 11.7 Å². The van der Waals surface area contributed by atoms with E-state index in [-0.39, 0.29) is 18.8 Å². The van der Waals surface area contributed by atoms with Crippen molar-refractivity contribution in [1.29, 1.82) is 0 Å². The molecule has 2 aromatic rings. The van der Waals surface area contributed by atoms with Gasteiger partial charge < -0.3 is 24.6 Å². The molecule has 5 rings (SSSR count). The number of nitrogens with one attached hydrogen (secondary N) is 1. The van der Waals surface area contributed by atoms with E-state index in [1.807, 2.05) is 18.4 Å². The normalized spacial score (nSPS) is 32.7.